The zero-order chi connectivity index (χ0) is 16.1. The fourth-order valence-corrected chi connectivity index (χ4v) is 1.66. The van der Waals surface area contributed by atoms with Gasteiger partial charge in [-0.1, -0.05) is 17.3 Å². The summed E-state index contributed by atoms with van der Waals surface area (Å²) in [7, 11) is 0. The summed E-state index contributed by atoms with van der Waals surface area (Å²) < 4.78 is 9.75. The molecular weight excluding hydrogens is 286 g/mol. The smallest absolute Gasteiger partial charge is 0.377 e. The lowest BCUT2D eigenvalue weighted by Crippen LogP contribution is -2.30. The number of benzene rings is 1. The second kappa shape index (κ2) is 6.54. The molecule has 0 aliphatic heterocycles. The predicted molar refractivity (Wildman–Crippen MR) is 75.9 cm³/mol. The molecule has 0 fully saturated rings. The van der Waals surface area contributed by atoms with Crippen LogP contribution in [-0.4, -0.2) is 23.1 Å². The number of carbonyl (C=O) groups excluding carboxylic acids is 2. The van der Waals surface area contributed by atoms with E-state index in [2.05, 4.69) is 10.5 Å². The molecule has 2 rings (SSSR count). The van der Waals surface area contributed by atoms with Gasteiger partial charge in [-0.15, -0.1) is 0 Å². The molecule has 1 aromatic heterocycles. The Balaban J connectivity index is 2.01. The van der Waals surface area contributed by atoms with E-state index < -0.39 is 18.0 Å². The van der Waals surface area contributed by atoms with E-state index in [0.717, 1.165) is 0 Å². The van der Waals surface area contributed by atoms with Crippen molar-refractivity contribution in [3.05, 3.63) is 47.3 Å². The number of aromatic nitrogens is 1. The van der Waals surface area contributed by atoms with Crippen molar-refractivity contribution in [1.29, 1.82) is 5.26 Å². The molecule has 1 N–H and O–H groups in total. The molecule has 1 aromatic carbocycles. The summed E-state index contributed by atoms with van der Waals surface area (Å²) in [6.45, 7) is 3.08. The summed E-state index contributed by atoms with van der Waals surface area (Å²) in [6, 6.07) is 9.91. The molecule has 7 nitrogen and oxygen atoms in total. The first-order valence-electron chi connectivity index (χ1n) is 6.45. The van der Waals surface area contributed by atoms with E-state index in [1.54, 1.807) is 31.2 Å². The number of rotatable bonds is 4. The first-order valence-corrected chi connectivity index (χ1v) is 6.45. The summed E-state index contributed by atoms with van der Waals surface area (Å²) in [5.74, 6) is -1.40. The molecule has 0 unspecified atom stereocenters. The summed E-state index contributed by atoms with van der Waals surface area (Å²) in [5.41, 5.74) is 1.21. The molecule has 7 heteroatoms. The predicted octanol–water partition coefficient (Wildman–Crippen LogP) is 2.04. The summed E-state index contributed by atoms with van der Waals surface area (Å²) in [4.78, 5) is 23.8. The molecule has 2 aromatic rings. The quantitative estimate of drug-likeness (QED) is 0.866. The Kier molecular flexibility index (Phi) is 4.53. The third kappa shape index (κ3) is 3.49. The van der Waals surface area contributed by atoms with Gasteiger partial charge in [0.05, 0.1) is 16.9 Å². The maximum atomic E-state index is 12.0. The van der Waals surface area contributed by atoms with E-state index >= 15 is 0 Å². The number of anilines is 1. The first-order chi connectivity index (χ1) is 10.5. The average Bonchev–Trinajstić information content (AvgIpc) is 2.94. The van der Waals surface area contributed by atoms with Crippen LogP contribution in [0.3, 0.4) is 0 Å². The van der Waals surface area contributed by atoms with E-state index in [9.17, 15) is 9.59 Å². The Morgan fingerprint density at radius 3 is 2.77 bits per heavy atom. The van der Waals surface area contributed by atoms with Crippen molar-refractivity contribution in [2.75, 3.05) is 5.32 Å². The minimum Gasteiger partial charge on any atom is -0.447 e. The number of nitriles is 1. The second-order valence-electron chi connectivity index (χ2n) is 4.53. The topological polar surface area (TPSA) is 105 Å². The van der Waals surface area contributed by atoms with Crippen molar-refractivity contribution < 1.29 is 18.8 Å². The Bertz CT molecular complexity index is 745. The van der Waals surface area contributed by atoms with Gasteiger partial charge < -0.3 is 14.6 Å². The van der Waals surface area contributed by atoms with Crippen molar-refractivity contribution >= 4 is 17.6 Å². The van der Waals surface area contributed by atoms with Crippen molar-refractivity contribution in [2.24, 2.45) is 0 Å². The van der Waals surface area contributed by atoms with E-state index in [1.807, 2.05) is 6.07 Å². The van der Waals surface area contributed by atoms with Crippen LogP contribution in [-0.2, 0) is 9.53 Å². The SMILES string of the molecule is Cc1cc(C(=O)O[C@@H](C)C(=O)Nc2ccccc2C#N)on1. The minimum atomic E-state index is -1.05. The zero-order valence-corrected chi connectivity index (χ0v) is 12.0. The molecule has 112 valence electrons. The van der Waals surface area contributed by atoms with Crippen LogP contribution in [0, 0.1) is 18.3 Å². The number of amides is 1. The fourth-order valence-electron chi connectivity index (χ4n) is 1.66. The monoisotopic (exact) mass is 299 g/mol. The van der Waals surface area contributed by atoms with Crippen molar-refractivity contribution in [3.8, 4) is 6.07 Å². The van der Waals surface area contributed by atoms with Gasteiger partial charge >= 0.3 is 5.97 Å². The van der Waals surface area contributed by atoms with Crippen LogP contribution in [0.25, 0.3) is 0 Å². The highest BCUT2D eigenvalue weighted by molar-refractivity contribution is 5.97. The molecule has 1 amide bonds. The molecule has 1 heterocycles. The van der Waals surface area contributed by atoms with Crippen molar-refractivity contribution in [2.45, 2.75) is 20.0 Å². The fraction of sp³-hybridized carbons (Fsp3) is 0.200. The number of carbonyl (C=O) groups is 2. The van der Waals surface area contributed by atoms with Crippen molar-refractivity contribution in [3.63, 3.8) is 0 Å². The molecule has 0 aliphatic carbocycles. The lowest BCUT2D eigenvalue weighted by Gasteiger charge is -2.13. The number of hydrogen-bond acceptors (Lipinski definition) is 6. The maximum Gasteiger partial charge on any atom is 0.377 e. The zero-order valence-electron chi connectivity index (χ0n) is 12.0. The van der Waals surface area contributed by atoms with Gasteiger partial charge in [-0.2, -0.15) is 5.26 Å². The van der Waals surface area contributed by atoms with Crippen LogP contribution < -0.4 is 5.32 Å². The van der Waals surface area contributed by atoms with Gasteiger partial charge in [0.25, 0.3) is 5.91 Å². The van der Waals surface area contributed by atoms with Crippen LogP contribution in [0.4, 0.5) is 5.69 Å². The highest BCUT2D eigenvalue weighted by atomic mass is 16.6. The van der Waals surface area contributed by atoms with Gasteiger partial charge in [-0.25, -0.2) is 4.79 Å². The third-order valence-electron chi connectivity index (χ3n) is 2.79. The van der Waals surface area contributed by atoms with Gasteiger partial charge in [0.15, 0.2) is 6.10 Å². The Morgan fingerprint density at radius 1 is 1.41 bits per heavy atom. The number of ether oxygens (including phenoxy) is 1. The number of nitrogens with one attached hydrogen (secondary N) is 1. The second-order valence-corrected chi connectivity index (χ2v) is 4.53. The molecule has 0 aliphatic rings. The Labute approximate surface area is 126 Å². The van der Waals surface area contributed by atoms with Crippen molar-refractivity contribution in [1.82, 2.24) is 5.16 Å². The minimum absolute atomic E-state index is 0.0745. The third-order valence-corrected chi connectivity index (χ3v) is 2.79. The van der Waals surface area contributed by atoms with Gasteiger partial charge in [0.1, 0.15) is 6.07 Å². The molecule has 0 saturated carbocycles. The summed E-state index contributed by atoms with van der Waals surface area (Å²) in [5, 5.41) is 15.1. The van der Waals surface area contributed by atoms with Crippen LogP contribution in [0.15, 0.2) is 34.9 Å². The van der Waals surface area contributed by atoms with Crippen LogP contribution in [0.2, 0.25) is 0 Å². The number of para-hydroxylation sites is 1. The van der Waals surface area contributed by atoms with Gasteiger partial charge in [0.2, 0.25) is 5.76 Å². The molecule has 0 radical (unpaired) electrons. The first kappa shape index (κ1) is 15.3. The van der Waals surface area contributed by atoms with E-state index in [1.165, 1.54) is 13.0 Å². The highest BCUT2D eigenvalue weighted by Crippen LogP contribution is 2.14. The lowest BCUT2D eigenvalue weighted by molar-refractivity contribution is -0.123. The molecular formula is C15H13N3O4. The number of esters is 1. The molecule has 0 spiro atoms. The Morgan fingerprint density at radius 2 is 2.14 bits per heavy atom. The maximum absolute atomic E-state index is 12.0. The van der Waals surface area contributed by atoms with E-state index in [4.69, 9.17) is 14.5 Å². The van der Waals surface area contributed by atoms with Crippen LogP contribution >= 0.6 is 0 Å². The van der Waals surface area contributed by atoms with Gasteiger partial charge in [0, 0.05) is 6.07 Å². The molecule has 0 saturated heterocycles. The van der Waals surface area contributed by atoms with Crippen LogP contribution in [0.5, 0.6) is 0 Å². The number of hydrogen-bond donors (Lipinski definition) is 1. The van der Waals surface area contributed by atoms with Crippen LogP contribution in [0.1, 0.15) is 28.7 Å². The molecule has 22 heavy (non-hydrogen) atoms. The lowest BCUT2D eigenvalue weighted by atomic mass is 10.2. The molecule has 0 bridgehead atoms. The van der Waals surface area contributed by atoms with Gasteiger partial charge in [-0.3, -0.25) is 4.79 Å². The largest absolute Gasteiger partial charge is 0.447 e. The number of nitrogens with zero attached hydrogens (tertiary/aromatic N) is 2. The van der Waals surface area contributed by atoms with Gasteiger partial charge in [-0.05, 0) is 26.0 Å². The normalized spacial score (nSPS) is 11.3. The Hall–Kier alpha value is -3.14. The highest BCUT2D eigenvalue weighted by Gasteiger charge is 2.22. The standard InChI is InChI=1S/C15H13N3O4/c1-9-7-13(22-18-9)15(20)21-10(2)14(19)17-12-6-4-3-5-11(12)8-16/h3-7,10H,1-2H3,(H,17,19)/t10-/m0/s1. The summed E-state index contributed by atoms with van der Waals surface area (Å²) >= 11 is 0. The van der Waals surface area contributed by atoms with E-state index in [-0.39, 0.29) is 5.76 Å². The molecule has 1 atom stereocenters. The van der Waals surface area contributed by atoms with E-state index in [0.29, 0.717) is 16.9 Å². The average molecular weight is 299 g/mol. The summed E-state index contributed by atoms with van der Waals surface area (Å²) in [6.07, 6.45) is -1.05. The number of aryl methyl sites for hydroxylation is 1.